The van der Waals surface area contributed by atoms with Crippen LogP contribution in [0, 0.1) is 0 Å². The average molecular weight is 375 g/mol. The monoisotopic (exact) mass is 375 g/mol. The van der Waals surface area contributed by atoms with Crippen LogP contribution in [-0.4, -0.2) is 54.2 Å². The zero-order chi connectivity index (χ0) is 18.7. The van der Waals surface area contributed by atoms with Crippen molar-refractivity contribution in [2.24, 2.45) is 0 Å². The maximum atomic E-state index is 13.1. The number of nitrogens with one attached hydrogen (secondary N) is 1. The fourth-order valence-corrected chi connectivity index (χ4v) is 4.07. The molecule has 1 N–H and O–H groups in total. The Morgan fingerprint density at radius 1 is 1.31 bits per heavy atom. The average Bonchev–Trinajstić information content (AvgIpc) is 3.14. The van der Waals surface area contributed by atoms with Crippen molar-refractivity contribution in [2.75, 3.05) is 25.1 Å². The van der Waals surface area contributed by atoms with E-state index in [2.05, 4.69) is 5.32 Å². The van der Waals surface area contributed by atoms with Gasteiger partial charge >= 0.3 is 6.03 Å². The minimum Gasteiger partial charge on any atom is -0.495 e. The lowest BCUT2D eigenvalue weighted by atomic mass is 10.1. The summed E-state index contributed by atoms with van der Waals surface area (Å²) in [4.78, 5) is 40.8. The van der Waals surface area contributed by atoms with E-state index in [0.29, 0.717) is 18.0 Å². The summed E-state index contributed by atoms with van der Waals surface area (Å²) in [6.07, 6.45) is 2.62. The number of nitrogens with zero attached hydrogens (tertiary/aromatic N) is 2. The summed E-state index contributed by atoms with van der Waals surface area (Å²) in [5.41, 5.74) is 0.384. The summed E-state index contributed by atoms with van der Waals surface area (Å²) in [5, 5.41) is 4.12. The molecule has 0 spiro atoms. The van der Waals surface area contributed by atoms with Gasteiger partial charge in [-0.15, -0.1) is 11.8 Å². The van der Waals surface area contributed by atoms with Gasteiger partial charge in [-0.3, -0.25) is 9.59 Å². The number of methoxy groups -OCH3 is 1. The Bertz CT molecular complexity index is 752. The van der Waals surface area contributed by atoms with E-state index in [1.807, 2.05) is 12.3 Å². The molecule has 0 radical (unpaired) electrons. The number of urea groups is 1. The fraction of sp³-hybridized carbons (Fsp3) is 0.389. The molecule has 7 nitrogen and oxygen atoms in total. The summed E-state index contributed by atoms with van der Waals surface area (Å²) in [7, 11) is 1.49. The largest absolute Gasteiger partial charge is 0.495 e. The third kappa shape index (κ3) is 3.29. The molecule has 2 unspecified atom stereocenters. The number of hydrogen-bond donors (Lipinski definition) is 1. The van der Waals surface area contributed by atoms with Gasteiger partial charge in [0.15, 0.2) is 0 Å². The zero-order valence-corrected chi connectivity index (χ0v) is 15.5. The van der Waals surface area contributed by atoms with Crippen molar-refractivity contribution in [1.82, 2.24) is 10.2 Å². The maximum absolute atomic E-state index is 13.1. The second kappa shape index (κ2) is 7.82. The van der Waals surface area contributed by atoms with Gasteiger partial charge in [0.05, 0.1) is 18.8 Å². The number of thioether (sulfide) groups is 1. The van der Waals surface area contributed by atoms with Crippen molar-refractivity contribution in [3.63, 3.8) is 0 Å². The molecule has 8 heteroatoms. The molecule has 2 aliphatic heterocycles. The number of ether oxygens (including phenoxy) is 1. The van der Waals surface area contributed by atoms with Crippen molar-refractivity contribution >= 4 is 35.3 Å². The molecule has 0 saturated carbocycles. The SMILES string of the molecule is CCCNC(=O)CN1C(=O)N(c2ccccc2OC)C(=O)C2SC=CC21. The normalized spacial score (nSPS) is 21.8. The Labute approximate surface area is 156 Å². The molecule has 1 saturated heterocycles. The standard InChI is InChI=1S/C18H21N3O4S/c1-3-9-19-15(22)11-20-13-8-10-26-16(13)17(23)21(18(20)24)12-6-4-5-7-14(12)25-2/h4-8,10,13,16H,3,9,11H2,1-2H3,(H,19,22). The Kier molecular flexibility index (Phi) is 5.51. The predicted octanol–water partition coefficient (Wildman–Crippen LogP) is 1.99. The lowest BCUT2D eigenvalue weighted by Gasteiger charge is -2.41. The highest BCUT2D eigenvalue weighted by molar-refractivity contribution is 8.03. The lowest BCUT2D eigenvalue weighted by Crippen LogP contribution is -2.63. The van der Waals surface area contributed by atoms with Gasteiger partial charge in [-0.2, -0.15) is 0 Å². The number of benzene rings is 1. The van der Waals surface area contributed by atoms with E-state index in [9.17, 15) is 14.4 Å². The highest BCUT2D eigenvalue weighted by Crippen LogP contribution is 2.38. The molecule has 0 bridgehead atoms. The second-order valence-electron chi connectivity index (χ2n) is 5.98. The van der Waals surface area contributed by atoms with Gasteiger partial charge in [0.2, 0.25) is 5.91 Å². The van der Waals surface area contributed by atoms with Crippen molar-refractivity contribution in [1.29, 1.82) is 0 Å². The van der Waals surface area contributed by atoms with Gasteiger partial charge in [0.25, 0.3) is 5.91 Å². The van der Waals surface area contributed by atoms with Gasteiger partial charge in [-0.1, -0.05) is 25.1 Å². The topological polar surface area (TPSA) is 79.0 Å². The van der Waals surface area contributed by atoms with Crippen LogP contribution in [0.15, 0.2) is 35.7 Å². The molecule has 26 heavy (non-hydrogen) atoms. The summed E-state index contributed by atoms with van der Waals surface area (Å²) >= 11 is 1.36. The zero-order valence-electron chi connectivity index (χ0n) is 14.7. The first-order chi connectivity index (χ1) is 12.6. The van der Waals surface area contributed by atoms with Crippen LogP contribution < -0.4 is 15.0 Å². The number of imide groups is 1. The molecule has 1 fully saturated rings. The number of amides is 4. The highest BCUT2D eigenvalue weighted by Gasteiger charge is 2.48. The first kappa shape index (κ1) is 18.3. The molecular weight excluding hydrogens is 354 g/mol. The molecule has 0 aliphatic carbocycles. The van der Waals surface area contributed by atoms with E-state index in [0.717, 1.165) is 11.3 Å². The molecular formula is C18H21N3O4S. The van der Waals surface area contributed by atoms with Crippen molar-refractivity contribution in [3.8, 4) is 5.75 Å². The van der Waals surface area contributed by atoms with Gasteiger partial charge in [0, 0.05) is 6.54 Å². The van der Waals surface area contributed by atoms with E-state index < -0.39 is 17.3 Å². The lowest BCUT2D eigenvalue weighted by molar-refractivity contribution is -0.124. The van der Waals surface area contributed by atoms with E-state index in [4.69, 9.17) is 4.74 Å². The van der Waals surface area contributed by atoms with Crippen LogP contribution in [0.5, 0.6) is 5.75 Å². The van der Waals surface area contributed by atoms with E-state index in [-0.39, 0.29) is 18.4 Å². The minimum absolute atomic E-state index is 0.0934. The van der Waals surface area contributed by atoms with Gasteiger partial charge in [-0.05, 0) is 24.0 Å². The Hall–Kier alpha value is -2.48. The summed E-state index contributed by atoms with van der Waals surface area (Å²) in [6.45, 7) is 2.42. The van der Waals surface area contributed by atoms with Gasteiger partial charge in [-0.25, -0.2) is 9.69 Å². The number of fused-ring (bicyclic) bond motifs is 1. The van der Waals surface area contributed by atoms with Crippen LogP contribution in [0.2, 0.25) is 0 Å². The first-order valence-corrected chi connectivity index (χ1v) is 9.39. The molecule has 4 amide bonds. The van der Waals surface area contributed by atoms with Crippen LogP contribution in [0.4, 0.5) is 10.5 Å². The number of para-hydroxylation sites is 2. The smallest absolute Gasteiger partial charge is 0.332 e. The van der Waals surface area contributed by atoms with E-state index >= 15 is 0 Å². The Morgan fingerprint density at radius 2 is 2.08 bits per heavy atom. The quantitative estimate of drug-likeness (QED) is 0.823. The number of carbonyl (C=O) groups is 3. The van der Waals surface area contributed by atoms with Crippen LogP contribution >= 0.6 is 11.8 Å². The third-order valence-electron chi connectivity index (χ3n) is 4.28. The summed E-state index contributed by atoms with van der Waals surface area (Å²) < 4.78 is 5.31. The Balaban J connectivity index is 1.92. The molecule has 1 aromatic rings. The minimum atomic E-state index is -0.514. The van der Waals surface area contributed by atoms with Crippen LogP contribution in [0.1, 0.15) is 13.3 Å². The van der Waals surface area contributed by atoms with Gasteiger partial charge in [0.1, 0.15) is 17.5 Å². The van der Waals surface area contributed by atoms with Crippen LogP contribution in [-0.2, 0) is 9.59 Å². The van der Waals surface area contributed by atoms with E-state index in [1.54, 1.807) is 30.3 Å². The molecule has 2 heterocycles. The van der Waals surface area contributed by atoms with Crippen molar-refractivity contribution in [2.45, 2.75) is 24.6 Å². The molecule has 2 aliphatic rings. The molecule has 3 rings (SSSR count). The number of hydrogen-bond acceptors (Lipinski definition) is 5. The highest BCUT2D eigenvalue weighted by atomic mass is 32.2. The van der Waals surface area contributed by atoms with Crippen molar-refractivity contribution < 1.29 is 19.1 Å². The molecule has 0 aromatic heterocycles. The predicted molar refractivity (Wildman–Crippen MR) is 100 cm³/mol. The van der Waals surface area contributed by atoms with Crippen molar-refractivity contribution in [3.05, 3.63) is 35.7 Å². The maximum Gasteiger partial charge on any atom is 0.332 e. The number of rotatable bonds is 6. The van der Waals surface area contributed by atoms with E-state index in [1.165, 1.54) is 23.8 Å². The summed E-state index contributed by atoms with van der Waals surface area (Å²) in [5.74, 6) is -0.109. The fourth-order valence-electron chi connectivity index (χ4n) is 3.03. The number of carbonyl (C=O) groups excluding carboxylic acids is 3. The third-order valence-corrected chi connectivity index (χ3v) is 5.37. The molecule has 2 atom stereocenters. The first-order valence-electron chi connectivity index (χ1n) is 8.45. The summed E-state index contributed by atoms with van der Waals surface area (Å²) in [6, 6.07) is 5.93. The molecule has 1 aromatic carbocycles. The second-order valence-corrected chi connectivity index (χ2v) is 7.03. The van der Waals surface area contributed by atoms with Crippen LogP contribution in [0.25, 0.3) is 0 Å². The van der Waals surface area contributed by atoms with Crippen LogP contribution in [0.3, 0.4) is 0 Å². The Morgan fingerprint density at radius 3 is 2.81 bits per heavy atom. The number of anilines is 1. The molecule has 138 valence electrons. The van der Waals surface area contributed by atoms with Gasteiger partial charge < -0.3 is 15.0 Å².